The summed E-state index contributed by atoms with van der Waals surface area (Å²) in [5.41, 5.74) is 4.34. The molecule has 2 aliphatic heterocycles. The molecule has 2 aliphatic rings. The van der Waals surface area contributed by atoms with E-state index in [4.69, 9.17) is 28.4 Å². The van der Waals surface area contributed by atoms with E-state index < -0.39 is 24.6 Å². The van der Waals surface area contributed by atoms with E-state index in [1.165, 1.54) is 0 Å². The minimum Gasteiger partial charge on any atom is -0.374 e. The van der Waals surface area contributed by atoms with Crippen molar-refractivity contribution in [2.24, 2.45) is 0 Å². The number of epoxide rings is 1. The summed E-state index contributed by atoms with van der Waals surface area (Å²) < 4.78 is 38.5. The van der Waals surface area contributed by atoms with E-state index in [1.807, 2.05) is 72.8 Å². The molecule has 0 spiro atoms. The Kier molecular flexibility index (Phi) is 9.50. The average molecular weight is 553 g/mol. The lowest BCUT2D eigenvalue weighted by Crippen LogP contribution is -2.50. The third kappa shape index (κ3) is 7.68. The van der Waals surface area contributed by atoms with Crippen LogP contribution in [0.5, 0.6) is 0 Å². The molecule has 41 heavy (non-hydrogen) atoms. The summed E-state index contributed by atoms with van der Waals surface area (Å²) in [6.07, 6.45) is -2.35. The van der Waals surface area contributed by atoms with Gasteiger partial charge in [0.15, 0.2) is 6.29 Å². The Hall–Kier alpha value is -3.36. The normalized spacial score (nSPS) is 25.3. The van der Waals surface area contributed by atoms with Gasteiger partial charge in [0.2, 0.25) is 0 Å². The number of hydrogen-bond donors (Lipinski definition) is 0. The van der Waals surface area contributed by atoms with Gasteiger partial charge in [0.05, 0.1) is 33.0 Å². The van der Waals surface area contributed by atoms with Crippen molar-refractivity contribution in [2.45, 2.75) is 63.2 Å². The van der Waals surface area contributed by atoms with Crippen LogP contribution >= 0.6 is 0 Å². The third-order valence-electron chi connectivity index (χ3n) is 7.38. The summed E-state index contributed by atoms with van der Waals surface area (Å²) >= 11 is 0. The minimum absolute atomic E-state index is 0.249. The maximum absolute atomic E-state index is 6.68. The number of benzene rings is 4. The molecule has 0 bridgehead atoms. The van der Waals surface area contributed by atoms with Crippen LogP contribution in [0.2, 0.25) is 0 Å². The fourth-order valence-electron chi connectivity index (χ4n) is 5.17. The molecule has 212 valence electrons. The predicted molar refractivity (Wildman–Crippen MR) is 155 cm³/mol. The average Bonchev–Trinajstić information content (AvgIpc) is 3.81. The van der Waals surface area contributed by atoms with Crippen LogP contribution in [0.1, 0.15) is 22.3 Å². The van der Waals surface area contributed by atoms with Crippen molar-refractivity contribution < 1.29 is 28.4 Å². The molecule has 2 fully saturated rings. The molecule has 6 atom stereocenters. The van der Waals surface area contributed by atoms with E-state index in [2.05, 4.69) is 48.5 Å². The second kappa shape index (κ2) is 14.0. The van der Waals surface area contributed by atoms with Gasteiger partial charge in [0, 0.05) is 0 Å². The van der Waals surface area contributed by atoms with E-state index in [0.29, 0.717) is 33.0 Å². The Morgan fingerprint density at radius 2 is 0.854 bits per heavy atom. The zero-order valence-corrected chi connectivity index (χ0v) is 23.0. The molecule has 0 aromatic heterocycles. The molecule has 6 heteroatoms. The Morgan fingerprint density at radius 3 is 1.34 bits per heavy atom. The molecule has 2 saturated heterocycles. The molecular weight excluding hydrogens is 516 g/mol. The van der Waals surface area contributed by atoms with Gasteiger partial charge in [-0.25, -0.2) is 0 Å². The van der Waals surface area contributed by atoms with Gasteiger partial charge in [-0.3, -0.25) is 0 Å². The number of rotatable bonds is 13. The van der Waals surface area contributed by atoms with E-state index >= 15 is 0 Å². The molecule has 0 aliphatic carbocycles. The van der Waals surface area contributed by atoms with Crippen LogP contribution in [0, 0.1) is 0 Å². The highest BCUT2D eigenvalue weighted by Crippen LogP contribution is 2.39. The minimum atomic E-state index is -0.453. The van der Waals surface area contributed by atoms with Gasteiger partial charge >= 0.3 is 0 Å². The Labute approximate surface area is 241 Å². The van der Waals surface area contributed by atoms with Crippen LogP contribution < -0.4 is 0 Å². The summed E-state index contributed by atoms with van der Waals surface area (Å²) in [7, 11) is 0. The van der Waals surface area contributed by atoms with Crippen molar-refractivity contribution in [1.29, 1.82) is 0 Å². The van der Waals surface area contributed by atoms with Gasteiger partial charge in [-0.1, -0.05) is 121 Å². The highest BCUT2D eigenvalue weighted by Gasteiger charge is 2.58. The van der Waals surface area contributed by atoms with Gasteiger partial charge in [0.25, 0.3) is 0 Å². The van der Waals surface area contributed by atoms with Crippen LogP contribution in [0.25, 0.3) is 0 Å². The quantitative estimate of drug-likeness (QED) is 0.187. The number of hydrogen-bond acceptors (Lipinski definition) is 6. The van der Waals surface area contributed by atoms with Gasteiger partial charge in [-0.2, -0.15) is 0 Å². The fraction of sp³-hybridized carbons (Fsp3) is 0.314. The smallest absolute Gasteiger partial charge is 0.187 e. The monoisotopic (exact) mass is 552 g/mol. The van der Waals surface area contributed by atoms with Crippen molar-refractivity contribution in [3.63, 3.8) is 0 Å². The lowest BCUT2D eigenvalue weighted by molar-refractivity contribution is -0.200. The largest absolute Gasteiger partial charge is 0.374 e. The molecule has 0 unspecified atom stereocenters. The molecule has 4 aromatic rings. The Bertz CT molecular complexity index is 1300. The molecule has 6 rings (SSSR count). The topological polar surface area (TPSA) is 58.7 Å². The second-order valence-corrected chi connectivity index (χ2v) is 10.4. The zero-order chi connectivity index (χ0) is 27.7. The van der Waals surface area contributed by atoms with Crippen LogP contribution in [-0.2, 0) is 54.8 Å². The molecule has 0 amide bonds. The molecule has 0 N–H and O–H groups in total. The first-order chi connectivity index (χ1) is 20.3. The van der Waals surface area contributed by atoms with Crippen LogP contribution in [0.3, 0.4) is 0 Å². The van der Waals surface area contributed by atoms with Gasteiger partial charge in [-0.15, -0.1) is 0 Å². The van der Waals surface area contributed by atoms with E-state index in [0.717, 1.165) is 22.3 Å². The van der Waals surface area contributed by atoms with Crippen molar-refractivity contribution in [1.82, 2.24) is 0 Å². The van der Waals surface area contributed by atoms with Crippen LogP contribution in [0.15, 0.2) is 121 Å². The molecule has 4 aromatic carbocycles. The molecular formula is C35H36O6. The first kappa shape index (κ1) is 27.8. The van der Waals surface area contributed by atoms with Gasteiger partial charge in [-0.05, 0) is 22.3 Å². The molecule has 0 radical (unpaired) electrons. The van der Waals surface area contributed by atoms with Crippen LogP contribution in [0.4, 0.5) is 0 Å². The summed E-state index contributed by atoms with van der Waals surface area (Å²) in [6.45, 7) is 2.07. The molecule has 6 nitrogen and oxygen atoms in total. The maximum atomic E-state index is 6.68. The zero-order valence-electron chi connectivity index (χ0n) is 23.0. The summed E-state index contributed by atoms with van der Waals surface area (Å²) in [5, 5.41) is 0. The van der Waals surface area contributed by atoms with Crippen LogP contribution in [-0.4, -0.2) is 43.4 Å². The Morgan fingerprint density at radius 1 is 0.439 bits per heavy atom. The maximum Gasteiger partial charge on any atom is 0.187 e. The van der Waals surface area contributed by atoms with Crippen molar-refractivity contribution >= 4 is 0 Å². The van der Waals surface area contributed by atoms with Gasteiger partial charge < -0.3 is 28.4 Å². The Balaban J connectivity index is 1.25. The van der Waals surface area contributed by atoms with E-state index in [-0.39, 0.29) is 12.2 Å². The van der Waals surface area contributed by atoms with Crippen molar-refractivity contribution in [3.05, 3.63) is 144 Å². The van der Waals surface area contributed by atoms with Gasteiger partial charge in [0.1, 0.15) is 30.5 Å². The molecule has 0 saturated carbocycles. The van der Waals surface area contributed by atoms with Crippen molar-refractivity contribution in [2.75, 3.05) is 6.61 Å². The number of ether oxygens (including phenoxy) is 6. The van der Waals surface area contributed by atoms with E-state index in [1.54, 1.807) is 0 Å². The lowest BCUT2D eigenvalue weighted by atomic mass is 10.0. The summed E-state index contributed by atoms with van der Waals surface area (Å²) in [5.74, 6) is 0. The summed E-state index contributed by atoms with van der Waals surface area (Å²) in [6, 6.07) is 40.6. The number of fused-ring (bicyclic) bond motifs is 1. The third-order valence-corrected chi connectivity index (χ3v) is 7.38. The SMILES string of the molecule is c1ccc(COC[C@H]2O[C@H]3O[C@@H]3[C@@H](OCc3ccccc3)[C@@H](OCc3ccccc3)[C@@H]2OCc2ccccc2)cc1. The fourth-order valence-corrected chi connectivity index (χ4v) is 5.17. The standard InChI is InChI=1S/C35H36O6/c1-5-13-26(14-6-1)21-36-25-30-31(37-22-27-15-7-2-8-16-27)32(38-23-28-17-9-3-10-18-28)33(34-35(40-30)41-34)39-24-29-19-11-4-12-20-29/h1-20,30-35H,21-25H2/t30-,31-,32+,33+,34-,35+/m1/s1. The van der Waals surface area contributed by atoms with Crippen molar-refractivity contribution in [3.8, 4) is 0 Å². The summed E-state index contributed by atoms with van der Waals surface area (Å²) in [4.78, 5) is 0. The highest BCUT2D eigenvalue weighted by atomic mass is 16.8. The highest BCUT2D eigenvalue weighted by molar-refractivity contribution is 5.16. The second-order valence-electron chi connectivity index (χ2n) is 10.4. The molecule has 2 heterocycles. The lowest BCUT2D eigenvalue weighted by Gasteiger charge is -2.35. The first-order valence-corrected chi connectivity index (χ1v) is 14.2. The van der Waals surface area contributed by atoms with E-state index in [9.17, 15) is 0 Å². The first-order valence-electron chi connectivity index (χ1n) is 14.2. The predicted octanol–water partition coefficient (Wildman–Crippen LogP) is 6.08.